The summed E-state index contributed by atoms with van der Waals surface area (Å²) in [5.41, 5.74) is 3.35. The quantitative estimate of drug-likeness (QED) is 0.208. The molecule has 0 spiro atoms. The summed E-state index contributed by atoms with van der Waals surface area (Å²) < 4.78 is 5.37. The number of aromatic nitrogens is 2. The Balaban J connectivity index is 1.92. The van der Waals surface area contributed by atoms with E-state index in [1.165, 1.54) is 77.0 Å². The summed E-state index contributed by atoms with van der Waals surface area (Å²) in [6.45, 7) is 8.55. The van der Waals surface area contributed by atoms with Crippen molar-refractivity contribution in [3.05, 3.63) is 22.8 Å². The number of aryl methyl sites for hydroxylation is 3. The number of rotatable bonds is 17. The van der Waals surface area contributed by atoms with Crippen LogP contribution in [0, 0.1) is 20.8 Å². The maximum atomic E-state index is 12.0. The first-order chi connectivity index (χ1) is 14.0. The lowest BCUT2D eigenvalue weighted by Crippen LogP contribution is -2.13. The zero-order valence-corrected chi connectivity index (χ0v) is 19.5. The monoisotopic (exact) mass is 404 g/mol. The third-order valence-electron chi connectivity index (χ3n) is 5.65. The van der Waals surface area contributed by atoms with Crippen molar-refractivity contribution >= 4 is 5.97 Å². The maximum absolute atomic E-state index is 12.0. The molecule has 0 unspecified atom stereocenters. The van der Waals surface area contributed by atoms with Gasteiger partial charge in [0.05, 0.1) is 35.8 Å². The summed E-state index contributed by atoms with van der Waals surface area (Å²) >= 11 is 0. The van der Waals surface area contributed by atoms with Crippen molar-refractivity contribution in [2.75, 3.05) is 6.61 Å². The predicted octanol–water partition coefficient (Wildman–Crippen LogP) is 6.97. The minimum absolute atomic E-state index is 0.194. The number of carbonyl (C=O) groups is 1. The summed E-state index contributed by atoms with van der Waals surface area (Å²) in [5, 5.41) is 0. The smallest absolute Gasteiger partial charge is 0.311 e. The molecule has 1 aromatic rings. The molecule has 0 bridgehead atoms. The molecule has 0 aliphatic rings. The minimum Gasteiger partial charge on any atom is -0.465 e. The van der Waals surface area contributed by atoms with Crippen LogP contribution in [0.3, 0.4) is 0 Å². The third kappa shape index (κ3) is 12.7. The lowest BCUT2D eigenvalue weighted by molar-refractivity contribution is -0.143. The van der Waals surface area contributed by atoms with E-state index in [-0.39, 0.29) is 12.4 Å². The molecular weight excluding hydrogens is 360 g/mol. The number of ether oxygens (including phenoxy) is 1. The second-order valence-corrected chi connectivity index (χ2v) is 8.42. The SMILES string of the molecule is CCCCCCCCCCCCCCCCOC(=O)Cc1nc(C)c(C)nc1C. The van der Waals surface area contributed by atoms with Gasteiger partial charge in [-0.05, 0) is 27.2 Å². The number of unbranched alkanes of at least 4 members (excludes halogenated alkanes) is 13. The van der Waals surface area contributed by atoms with E-state index in [4.69, 9.17) is 4.74 Å². The van der Waals surface area contributed by atoms with E-state index in [1.54, 1.807) is 0 Å². The highest BCUT2D eigenvalue weighted by atomic mass is 16.5. The van der Waals surface area contributed by atoms with Crippen molar-refractivity contribution in [3.63, 3.8) is 0 Å². The molecule has 0 aliphatic heterocycles. The first-order valence-corrected chi connectivity index (χ1v) is 12.0. The number of carbonyl (C=O) groups excluding carboxylic acids is 1. The molecule has 0 aliphatic carbocycles. The fraction of sp³-hybridized carbons (Fsp3) is 0.800. The molecule has 4 heteroatoms. The predicted molar refractivity (Wildman–Crippen MR) is 121 cm³/mol. The van der Waals surface area contributed by atoms with Gasteiger partial charge in [0.15, 0.2) is 0 Å². The second kappa shape index (κ2) is 16.4. The highest BCUT2D eigenvalue weighted by Gasteiger charge is 2.11. The molecule has 166 valence electrons. The number of esters is 1. The van der Waals surface area contributed by atoms with Crippen molar-refractivity contribution in [2.45, 2.75) is 124 Å². The molecule has 0 radical (unpaired) electrons. The van der Waals surface area contributed by atoms with Crippen LogP contribution in [0.5, 0.6) is 0 Å². The van der Waals surface area contributed by atoms with Crippen molar-refractivity contribution in [1.82, 2.24) is 9.97 Å². The first kappa shape index (κ1) is 25.6. The number of hydrogen-bond donors (Lipinski definition) is 0. The zero-order valence-electron chi connectivity index (χ0n) is 19.5. The summed E-state index contributed by atoms with van der Waals surface area (Å²) in [7, 11) is 0. The fourth-order valence-corrected chi connectivity index (χ4v) is 3.60. The van der Waals surface area contributed by atoms with Crippen LogP contribution in [0.15, 0.2) is 0 Å². The molecule has 0 aromatic carbocycles. The van der Waals surface area contributed by atoms with Gasteiger partial charge < -0.3 is 4.74 Å². The van der Waals surface area contributed by atoms with E-state index in [2.05, 4.69) is 16.9 Å². The standard InChI is InChI=1S/C25H44N2O2/c1-5-6-7-8-9-10-11-12-13-14-15-16-17-18-19-29-25(28)20-24-23(4)26-21(2)22(3)27-24/h5-20H2,1-4H3. The van der Waals surface area contributed by atoms with Gasteiger partial charge in [-0.1, -0.05) is 90.4 Å². The summed E-state index contributed by atoms with van der Waals surface area (Å²) in [4.78, 5) is 20.9. The van der Waals surface area contributed by atoms with Gasteiger partial charge in [0.25, 0.3) is 0 Å². The topological polar surface area (TPSA) is 52.1 Å². The van der Waals surface area contributed by atoms with Gasteiger partial charge in [-0.15, -0.1) is 0 Å². The average Bonchev–Trinajstić information content (AvgIpc) is 2.69. The Labute approximate surface area is 179 Å². The Morgan fingerprint density at radius 1 is 0.655 bits per heavy atom. The van der Waals surface area contributed by atoms with Crippen LogP contribution in [0.4, 0.5) is 0 Å². The molecule has 4 nitrogen and oxygen atoms in total. The Kier molecular flexibility index (Phi) is 14.4. The van der Waals surface area contributed by atoms with Crippen molar-refractivity contribution in [2.24, 2.45) is 0 Å². The molecule has 0 amide bonds. The lowest BCUT2D eigenvalue weighted by atomic mass is 10.0. The van der Waals surface area contributed by atoms with Gasteiger partial charge in [-0.25, -0.2) is 0 Å². The molecule has 0 saturated heterocycles. The molecular formula is C25H44N2O2. The number of nitrogens with zero attached hydrogens (tertiary/aromatic N) is 2. The highest BCUT2D eigenvalue weighted by Crippen LogP contribution is 2.13. The Bertz CT molecular complexity index is 572. The Hall–Kier alpha value is -1.45. The summed E-state index contributed by atoms with van der Waals surface area (Å²) in [5.74, 6) is -0.194. The maximum Gasteiger partial charge on any atom is 0.311 e. The first-order valence-electron chi connectivity index (χ1n) is 12.0. The van der Waals surface area contributed by atoms with Gasteiger partial charge >= 0.3 is 5.97 Å². The highest BCUT2D eigenvalue weighted by molar-refractivity contribution is 5.72. The van der Waals surface area contributed by atoms with Gasteiger partial charge in [-0.3, -0.25) is 14.8 Å². The molecule has 0 N–H and O–H groups in total. The van der Waals surface area contributed by atoms with Crippen LogP contribution in [0.2, 0.25) is 0 Å². The molecule has 0 atom stereocenters. The Morgan fingerprint density at radius 3 is 1.62 bits per heavy atom. The van der Waals surface area contributed by atoms with Crippen LogP contribution in [0.25, 0.3) is 0 Å². The normalized spacial score (nSPS) is 11.0. The zero-order chi connectivity index (χ0) is 21.3. The van der Waals surface area contributed by atoms with E-state index in [0.717, 1.165) is 35.6 Å². The Morgan fingerprint density at radius 2 is 1.10 bits per heavy atom. The molecule has 1 rings (SSSR count). The van der Waals surface area contributed by atoms with Gasteiger partial charge in [-0.2, -0.15) is 0 Å². The van der Waals surface area contributed by atoms with Gasteiger partial charge in [0.1, 0.15) is 0 Å². The van der Waals surface area contributed by atoms with Gasteiger partial charge in [0.2, 0.25) is 0 Å². The lowest BCUT2D eigenvalue weighted by Gasteiger charge is -2.08. The van der Waals surface area contributed by atoms with E-state index in [9.17, 15) is 4.79 Å². The van der Waals surface area contributed by atoms with Crippen LogP contribution < -0.4 is 0 Å². The van der Waals surface area contributed by atoms with Crippen LogP contribution in [-0.2, 0) is 16.0 Å². The van der Waals surface area contributed by atoms with E-state index < -0.39 is 0 Å². The summed E-state index contributed by atoms with van der Waals surface area (Å²) in [6.07, 6.45) is 18.8. The van der Waals surface area contributed by atoms with Crippen LogP contribution >= 0.6 is 0 Å². The molecule has 0 saturated carbocycles. The number of hydrogen-bond acceptors (Lipinski definition) is 4. The largest absolute Gasteiger partial charge is 0.465 e. The third-order valence-corrected chi connectivity index (χ3v) is 5.65. The van der Waals surface area contributed by atoms with Gasteiger partial charge in [0, 0.05) is 0 Å². The molecule has 29 heavy (non-hydrogen) atoms. The molecule has 0 fully saturated rings. The van der Waals surface area contributed by atoms with Crippen molar-refractivity contribution in [1.29, 1.82) is 0 Å². The molecule has 1 heterocycles. The minimum atomic E-state index is -0.194. The van der Waals surface area contributed by atoms with E-state index in [0.29, 0.717) is 6.61 Å². The molecule has 1 aromatic heterocycles. The van der Waals surface area contributed by atoms with Crippen molar-refractivity contribution in [3.8, 4) is 0 Å². The van der Waals surface area contributed by atoms with Crippen LogP contribution in [0.1, 0.15) is 120 Å². The summed E-state index contributed by atoms with van der Waals surface area (Å²) in [6, 6.07) is 0. The van der Waals surface area contributed by atoms with Crippen molar-refractivity contribution < 1.29 is 9.53 Å². The van der Waals surface area contributed by atoms with E-state index in [1.807, 2.05) is 20.8 Å². The average molecular weight is 405 g/mol. The van der Waals surface area contributed by atoms with E-state index >= 15 is 0 Å². The fourth-order valence-electron chi connectivity index (χ4n) is 3.60. The van der Waals surface area contributed by atoms with Crippen LogP contribution in [-0.4, -0.2) is 22.5 Å². The second-order valence-electron chi connectivity index (χ2n) is 8.42.